The van der Waals surface area contributed by atoms with Gasteiger partial charge in [0.1, 0.15) is 0 Å². The van der Waals surface area contributed by atoms with Gasteiger partial charge in [0.25, 0.3) is 0 Å². The van der Waals surface area contributed by atoms with Crippen LogP contribution in [0.25, 0.3) is 43.1 Å². The van der Waals surface area contributed by atoms with Crippen LogP contribution in [0.4, 0.5) is 0 Å². The predicted molar refractivity (Wildman–Crippen MR) is 195 cm³/mol. The number of hydrogen-bond acceptors (Lipinski definition) is 0. The molecular formula is C46H46. The van der Waals surface area contributed by atoms with E-state index in [4.69, 9.17) is 0 Å². The lowest BCUT2D eigenvalue weighted by Gasteiger charge is -2.54. The molecule has 0 heteroatoms. The summed E-state index contributed by atoms with van der Waals surface area (Å²) in [6.07, 6.45) is 14.6. The molecule has 4 fully saturated rings. The molecule has 4 aliphatic carbocycles. The Balaban J connectivity index is 0.935. The average molecular weight is 599 g/mol. The van der Waals surface area contributed by atoms with Crippen molar-refractivity contribution in [2.45, 2.75) is 76.0 Å². The smallest absolute Gasteiger partial charge is 0.0105 e. The monoisotopic (exact) mass is 598 g/mol. The number of rotatable bonds is 2. The second-order valence-electron chi connectivity index (χ2n) is 15.9. The molecule has 0 nitrogen and oxygen atoms in total. The van der Waals surface area contributed by atoms with E-state index in [1.165, 1.54) is 107 Å². The van der Waals surface area contributed by atoms with E-state index in [0.29, 0.717) is 0 Å². The summed E-state index contributed by atoms with van der Waals surface area (Å²) in [6, 6.07) is 42.3. The first kappa shape index (κ1) is 27.5. The van der Waals surface area contributed by atoms with Crippen molar-refractivity contribution in [3.63, 3.8) is 0 Å². The van der Waals surface area contributed by atoms with Crippen molar-refractivity contribution in [2.75, 3.05) is 0 Å². The first-order valence-corrected chi connectivity index (χ1v) is 18.6. The van der Waals surface area contributed by atoms with Gasteiger partial charge in [0.05, 0.1) is 0 Å². The second kappa shape index (κ2) is 11.0. The van der Waals surface area contributed by atoms with Gasteiger partial charge in [-0.05, 0) is 140 Å². The Labute approximate surface area is 274 Å². The van der Waals surface area contributed by atoms with E-state index in [2.05, 4.69) is 109 Å². The molecule has 2 unspecified atom stereocenters. The first-order chi connectivity index (χ1) is 22.8. The van der Waals surface area contributed by atoms with Crippen LogP contribution < -0.4 is 0 Å². The SMILES string of the molecule is c1ccc2c(c1)ccc1cc([C@H]3CCC[C@H]4CC5C[C@H]6CCC[C@@H](c7ccc8c(ccc9ccccc98)c7)[C@@H]6CC5C[C@@H]43)ccc12. The summed E-state index contributed by atoms with van der Waals surface area (Å²) in [5.41, 5.74) is 3.26. The van der Waals surface area contributed by atoms with E-state index in [0.717, 1.165) is 47.3 Å². The van der Waals surface area contributed by atoms with Gasteiger partial charge in [-0.3, -0.25) is 0 Å². The third-order valence-corrected chi connectivity index (χ3v) is 13.8. The molecule has 4 saturated carbocycles. The van der Waals surface area contributed by atoms with Crippen molar-refractivity contribution >= 4 is 43.1 Å². The van der Waals surface area contributed by atoms with Crippen LogP contribution in [-0.4, -0.2) is 0 Å². The van der Waals surface area contributed by atoms with Gasteiger partial charge in [-0.15, -0.1) is 0 Å². The highest BCUT2D eigenvalue weighted by molar-refractivity contribution is 6.08. The number of fused-ring (bicyclic) bond motifs is 9. The molecule has 0 saturated heterocycles. The van der Waals surface area contributed by atoms with Gasteiger partial charge in [-0.25, -0.2) is 0 Å². The maximum absolute atomic E-state index is 2.58. The standard InChI is InChI=1S/C46H46/c1-3-11-39-29(7-1)15-17-33-23-35(19-21-43(33)39)41-13-5-9-31-25-37-26-32-10-6-14-42(46(32)28-38(37)27-45(31)41)36-20-22-44-34(24-36)18-16-30-8-2-4-12-40(30)44/h1-4,7-8,11-12,15-24,31-32,37-38,41-42,45-46H,5-6,9-10,13-14,25-28H2/t31-,32+,37?,38?,41+,42-,45-,46+. The third-order valence-electron chi connectivity index (χ3n) is 13.8. The van der Waals surface area contributed by atoms with Crippen molar-refractivity contribution in [1.29, 1.82) is 0 Å². The van der Waals surface area contributed by atoms with Gasteiger partial charge in [0, 0.05) is 0 Å². The van der Waals surface area contributed by atoms with Gasteiger partial charge in [0.2, 0.25) is 0 Å². The van der Waals surface area contributed by atoms with Crippen LogP contribution in [0.5, 0.6) is 0 Å². The van der Waals surface area contributed by atoms with E-state index < -0.39 is 0 Å². The highest BCUT2D eigenvalue weighted by atomic mass is 14.5. The summed E-state index contributed by atoms with van der Waals surface area (Å²) in [4.78, 5) is 0. The molecule has 0 heterocycles. The molecule has 0 radical (unpaired) electrons. The fraction of sp³-hybridized carbons (Fsp3) is 0.391. The van der Waals surface area contributed by atoms with E-state index in [9.17, 15) is 0 Å². The first-order valence-electron chi connectivity index (χ1n) is 18.6. The quantitative estimate of drug-likeness (QED) is 0.174. The zero-order chi connectivity index (χ0) is 30.2. The lowest BCUT2D eigenvalue weighted by Crippen LogP contribution is -2.44. The minimum Gasteiger partial charge on any atom is -0.0616 e. The molecule has 0 amide bonds. The van der Waals surface area contributed by atoms with Gasteiger partial charge in [-0.1, -0.05) is 135 Å². The average Bonchev–Trinajstić information content (AvgIpc) is 3.12. The number of hydrogen-bond donors (Lipinski definition) is 0. The molecule has 8 atom stereocenters. The molecule has 4 aliphatic rings. The fourth-order valence-corrected chi connectivity index (χ4v) is 11.8. The van der Waals surface area contributed by atoms with Crippen molar-refractivity contribution in [3.05, 3.63) is 120 Å². The summed E-state index contributed by atoms with van der Waals surface area (Å²) in [5.74, 6) is 7.03. The molecule has 6 aromatic carbocycles. The Kier molecular flexibility index (Phi) is 6.55. The maximum Gasteiger partial charge on any atom is -0.0105 e. The van der Waals surface area contributed by atoms with Gasteiger partial charge < -0.3 is 0 Å². The Morgan fingerprint density at radius 3 is 1.30 bits per heavy atom. The van der Waals surface area contributed by atoms with Crippen LogP contribution in [0.1, 0.15) is 87.2 Å². The highest BCUT2D eigenvalue weighted by Crippen LogP contribution is 2.59. The highest BCUT2D eigenvalue weighted by Gasteiger charge is 2.49. The molecule has 6 aromatic rings. The molecular weight excluding hydrogens is 553 g/mol. The van der Waals surface area contributed by atoms with Gasteiger partial charge in [0.15, 0.2) is 0 Å². The second-order valence-corrected chi connectivity index (χ2v) is 15.9. The zero-order valence-electron chi connectivity index (χ0n) is 27.1. The fourth-order valence-electron chi connectivity index (χ4n) is 11.8. The molecule has 10 rings (SSSR count). The topological polar surface area (TPSA) is 0 Å². The zero-order valence-corrected chi connectivity index (χ0v) is 27.1. The molecule has 0 aliphatic heterocycles. The van der Waals surface area contributed by atoms with E-state index >= 15 is 0 Å². The largest absolute Gasteiger partial charge is 0.0616 e. The van der Waals surface area contributed by atoms with Crippen LogP contribution >= 0.6 is 0 Å². The minimum absolute atomic E-state index is 0.741. The van der Waals surface area contributed by atoms with Gasteiger partial charge in [-0.2, -0.15) is 0 Å². The van der Waals surface area contributed by atoms with Crippen molar-refractivity contribution < 1.29 is 0 Å². The molecule has 0 aromatic heterocycles. The maximum atomic E-state index is 2.58. The predicted octanol–water partition coefficient (Wildman–Crippen LogP) is 12.8. The molecule has 230 valence electrons. The summed E-state index contributed by atoms with van der Waals surface area (Å²) >= 11 is 0. The van der Waals surface area contributed by atoms with Crippen LogP contribution in [0.3, 0.4) is 0 Å². The van der Waals surface area contributed by atoms with E-state index in [-0.39, 0.29) is 0 Å². The van der Waals surface area contributed by atoms with E-state index in [1.807, 2.05) is 0 Å². The summed E-state index contributed by atoms with van der Waals surface area (Å²) < 4.78 is 0. The van der Waals surface area contributed by atoms with Crippen LogP contribution in [-0.2, 0) is 0 Å². The molecule has 46 heavy (non-hydrogen) atoms. The van der Waals surface area contributed by atoms with Crippen molar-refractivity contribution in [1.82, 2.24) is 0 Å². The lowest BCUT2D eigenvalue weighted by atomic mass is 9.51. The van der Waals surface area contributed by atoms with E-state index in [1.54, 1.807) is 11.1 Å². The van der Waals surface area contributed by atoms with Crippen LogP contribution in [0, 0.1) is 35.5 Å². The third kappa shape index (κ3) is 4.46. The van der Waals surface area contributed by atoms with Crippen LogP contribution in [0.15, 0.2) is 109 Å². The Bertz CT molecular complexity index is 1930. The normalized spacial score (nSPS) is 31.0. The Morgan fingerprint density at radius 2 is 0.783 bits per heavy atom. The Morgan fingerprint density at radius 1 is 0.348 bits per heavy atom. The molecule has 0 spiro atoms. The van der Waals surface area contributed by atoms with Crippen molar-refractivity contribution in [3.8, 4) is 0 Å². The molecule has 0 N–H and O–H groups in total. The lowest BCUT2D eigenvalue weighted by molar-refractivity contribution is -0.0168. The number of benzene rings is 6. The van der Waals surface area contributed by atoms with Crippen molar-refractivity contribution in [2.24, 2.45) is 35.5 Å². The molecule has 0 bridgehead atoms. The minimum atomic E-state index is 0.741. The summed E-state index contributed by atoms with van der Waals surface area (Å²) in [6.45, 7) is 0. The van der Waals surface area contributed by atoms with Crippen LogP contribution in [0.2, 0.25) is 0 Å². The van der Waals surface area contributed by atoms with Gasteiger partial charge >= 0.3 is 0 Å². The Hall–Kier alpha value is -3.64. The summed E-state index contributed by atoms with van der Waals surface area (Å²) in [5, 5.41) is 11.2. The summed E-state index contributed by atoms with van der Waals surface area (Å²) in [7, 11) is 0.